The third-order valence-electron chi connectivity index (χ3n) is 4.21. The van der Waals surface area contributed by atoms with Crippen LogP contribution in [0.3, 0.4) is 0 Å². The molecular formula is C19H20N2O3. The Labute approximate surface area is 141 Å². The number of ether oxygens (including phenoxy) is 1. The highest BCUT2D eigenvalue weighted by Gasteiger charge is 2.25. The maximum absolute atomic E-state index is 12.5. The fourth-order valence-electron chi connectivity index (χ4n) is 2.71. The molecule has 1 N–H and O–H groups in total. The molecule has 24 heavy (non-hydrogen) atoms. The molecule has 0 unspecified atom stereocenters. The van der Waals surface area contributed by atoms with Crippen LogP contribution >= 0.6 is 0 Å². The Morgan fingerprint density at radius 1 is 1.17 bits per heavy atom. The van der Waals surface area contributed by atoms with E-state index in [0.717, 1.165) is 16.8 Å². The van der Waals surface area contributed by atoms with Gasteiger partial charge in [-0.05, 0) is 43.2 Å². The van der Waals surface area contributed by atoms with E-state index in [0.29, 0.717) is 18.0 Å². The molecular weight excluding hydrogens is 304 g/mol. The Bertz CT molecular complexity index is 786. The Morgan fingerprint density at radius 3 is 2.79 bits per heavy atom. The number of benzene rings is 2. The van der Waals surface area contributed by atoms with Crippen LogP contribution in [0, 0.1) is 13.8 Å². The number of nitrogens with zero attached hydrogens (tertiary/aromatic N) is 1. The summed E-state index contributed by atoms with van der Waals surface area (Å²) in [4.78, 5) is 26.3. The lowest BCUT2D eigenvalue weighted by atomic mass is 10.1. The summed E-state index contributed by atoms with van der Waals surface area (Å²) in [5.74, 6) is 0.285. The molecule has 3 rings (SSSR count). The van der Waals surface area contributed by atoms with Crippen molar-refractivity contribution >= 4 is 23.2 Å². The van der Waals surface area contributed by atoms with Crippen LogP contribution < -0.4 is 15.0 Å². The smallest absolute Gasteiger partial charge is 0.244 e. The van der Waals surface area contributed by atoms with Gasteiger partial charge in [-0.25, -0.2) is 0 Å². The van der Waals surface area contributed by atoms with Gasteiger partial charge in [-0.1, -0.05) is 24.3 Å². The number of carbonyl (C=O) groups is 2. The summed E-state index contributed by atoms with van der Waals surface area (Å²) in [6.07, 6.45) is 0.255. The predicted molar refractivity (Wildman–Crippen MR) is 93.5 cm³/mol. The van der Waals surface area contributed by atoms with Crippen molar-refractivity contribution < 1.29 is 14.3 Å². The lowest BCUT2D eigenvalue weighted by Gasteiger charge is -2.21. The van der Waals surface area contributed by atoms with Gasteiger partial charge in [0.25, 0.3) is 0 Å². The topological polar surface area (TPSA) is 58.6 Å². The van der Waals surface area contributed by atoms with Gasteiger partial charge in [0.1, 0.15) is 12.3 Å². The molecule has 0 bridgehead atoms. The minimum Gasteiger partial charge on any atom is -0.491 e. The van der Waals surface area contributed by atoms with Crippen LogP contribution in [0.5, 0.6) is 5.75 Å². The lowest BCUT2D eigenvalue weighted by molar-refractivity contribution is -0.121. The third kappa shape index (κ3) is 3.25. The van der Waals surface area contributed by atoms with Crippen molar-refractivity contribution in [3.05, 3.63) is 53.6 Å². The number of para-hydroxylation sites is 2. The second-order valence-corrected chi connectivity index (χ2v) is 5.84. The van der Waals surface area contributed by atoms with Gasteiger partial charge >= 0.3 is 0 Å². The molecule has 1 aliphatic rings. The monoisotopic (exact) mass is 324 g/mol. The number of amides is 2. The first kappa shape index (κ1) is 16.1. The van der Waals surface area contributed by atoms with Gasteiger partial charge < -0.3 is 10.1 Å². The first-order chi connectivity index (χ1) is 11.6. The first-order valence-corrected chi connectivity index (χ1v) is 7.94. The Kier molecular flexibility index (Phi) is 4.51. The molecule has 2 aromatic carbocycles. The predicted octanol–water partition coefficient (Wildman–Crippen LogP) is 3.06. The Morgan fingerprint density at radius 2 is 1.96 bits per heavy atom. The van der Waals surface area contributed by atoms with E-state index in [1.54, 1.807) is 6.07 Å². The highest BCUT2D eigenvalue weighted by molar-refractivity contribution is 6.04. The molecule has 2 amide bonds. The lowest BCUT2D eigenvalue weighted by Crippen LogP contribution is -2.37. The van der Waals surface area contributed by atoms with Crippen molar-refractivity contribution in [3.63, 3.8) is 0 Å². The first-order valence-electron chi connectivity index (χ1n) is 7.94. The molecule has 2 aromatic rings. The maximum atomic E-state index is 12.5. The van der Waals surface area contributed by atoms with Crippen LogP contribution in [0.15, 0.2) is 42.5 Å². The fourth-order valence-corrected chi connectivity index (χ4v) is 2.71. The summed E-state index contributed by atoms with van der Waals surface area (Å²) < 4.78 is 5.59. The number of hydrogen-bond donors (Lipinski definition) is 1. The summed E-state index contributed by atoms with van der Waals surface area (Å²) in [6, 6.07) is 13.0. The van der Waals surface area contributed by atoms with E-state index in [1.165, 1.54) is 4.90 Å². The van der Waals surface area contributed by atoms with Gasteiger partial charge in [-0.3, -0.25) is 14.5 Å². The van der Waals surface area contributed by atoms with Crippen molar-refractivity contribution in [2.45, 2.75) is 20.3 Å². The van der Waals surface area contributed by atoms with Gasteiger partial charge in [-0.2, -0.15) is 0 Å². The van der Waals surface area contributed by atoms with E-state index in [1.807, 2.05) is 50.2 Å². The molecule has 0 saturated heterocycles. The SMILES string of the molecule is Cc1cccc(NC(=O)CN2C(=O)CCOc3ccccc32)c1C. The van der Waals surface area contributed by atoms with Gasteiger partial charge in [-0.15, -0.1) is 0 Å². The van der Waals surface area contributed by atoms with Crippen molar-refractivity contribution in [2.24, 2.45) is 0 Å². The third-order valence-corrected chi connectivity index (χ3v) is 4.21. The number of aryl methyl sites for hydroxylation is 1. The van der Waals surface area contributed by atoms with Crippen molar-refractivity contribution in [3.8, 4) is 5.75 Å². The molecule has 1 aliphatic heterocycles. The second kappa shape index (κ2) is 6.74. The molecule has 0 aliphatic carbocycles. The van der Waals surface area contributed by atoms with E-state index >= 15 is 0 Å². The van der Waals surface area contributed by atoms with Gasteiger partial charge in [0.2, 0.25) is 11.8 Å². The molecule has 5 heteroatoms. The summed E-state index contributed by atoms with van der Waals surface area (Å²) in [7, 11) is 0. The number of anilines is 2. The van der Waals surface area contributed by atoms with Crippen LogP contribution in [0.1, 0.15) is 17.5 Å². The van der Waals surface area contributed by atoms with E-state index < -0.39 is 0 Å². The molecule has 1 heterocycles. The van der Waals surface area contributed by atoms with Gasteiger partial charge in [0.05, 0.1) is 18.7 Å². The van der Waals surface area contributed by atoms with Crippen molar-refractivity contribution in [1.29, 1.82) is 0 Å². The zero-order chi connectivity index (χ0) is 17.1. The number of carbonyl (C=O) groups excluding carboxylic acids is 2. The van der Waals surface area contributed by atoms with Crippen LogP contribution in [0.2, 0.25) is 0 Å². The molecule has 124 valence electrons. The fraction of sp³-hybridized carbons (Fsp3) is 0.263. The highest BCUT2D eigenvalue weighted by Crippen LogP contribution is 2.30. The highest BCUT2D eigenvalue weighted by atomic mass is 16.5. The zero-order valence-corrected chi connectivity index (χ0v) is 13.8. The van der Waals surface area contributed by atoms with Crippen LogP contribution in [-0.4, -0.2) is 25.0 Å². The molecule has 0 spiro atoms. The summed E-state index contributed by atoms with van der Waals surface area (Å²) >= 11 is 0. The van der Waals surface area contributed by atoms with Gasteiger partial charge in [0, 0.05) is 5.69 Å². The molecule has 0 saturated carbocycles. The Hall–Kier alpha value is -2.82. The second-order valence-electron chi connectivity index (χ2n) is 5.84. The van der Waals surface area contributed by atoms with E-state index in [-0.39, 0.29) is 24.8 Å². The minimum atomic E-state index is -0.228. The van der Waals surface area contributed by atoms with E-state index in [4.69, 9.17) is 4.74 Å². The number of nitrogens with one attached hydrogen (secondary N) is 1. The van der Waals surface area contributed by atoms with Crippen molar-refractivity contribution in [1.82, 2.24) is 0 Å². The Balaban J connectivity index is 1.80. The van der Waals surface area contributed by atoms with E-state index in [9.17, 15) is 9.59 Å². The summed E-state index contributed by atoms with van der Waals surface area (Å²) in [5, 5.41) is 2.90. The number of fused-ring (bicyclic) bond motifs is 1. The molecule has 0 fully saturated rings. The summed E-state index contributed by atoms with van der Waals surface area (Å²) in [6.45, 7) is 4.25. The molecule has 5 nitrogen and oxygen atoms in total. The summed E-state index contributed by atoms with van der Waals surface area (Å²) in [5.41, 5.74) is 3.54. The van der Waals surface area contributed by atoms with E-state index in [2.05, 4.69) is 5.32 Å². The standard InChI is InChI=1S/C19H20N2O3/c1-13-6-5-7-15(14(13)2)20-18(22)12-21-16-8-3-4-9-17(16)24-11-10-19(21)23/h3-9H,10-12H2,1-2H3,(H,20,22). The number of hydrogen-bond acceptors (Lipinski definition) is 3. The minimum absolute atomic E-state index is 0.0351. The molecule has 0 radical (unpaired) electrons. The average Bonchev–Trinajstić information content (AvgIpc) is 2.72. The molecule has 0 aromatic heterocycles. The normalized spacial score (nSPS) is 13.8. The zero-order valence-electron chi connectivity index (χ0n) is 13.8. The largest absolute Gasteiger partial charge is 0.491 e. The van der Waals surface area contributed by atoms with Gasteiger partial charge in [0.15, 0.2) is 0 Å². The van der Waals surface area contributed by atoms with Crippen LogP contribution in [0.4, 0.5) is 11.4 Å². The quantitative estimate of drug-likeness (QED) is 0.944. The molecule has 0 atom stereocenters. The number of rotatable bonds is 3. The average molecular weight is 324 g/mol. The van der Waals surface area contributed by atoms with Crippen LogP contribution in [-0.2, 0) is 9.59 Å². The van der Waals surface area contributed by atoms with Crippen molar-refractivity contribution in [2.75, 3.05) is 23.4 Å². The van der Waals surface area contributed by atoms with Crippen LogP contribution in [0.25, 0.3) is 0 Å². The maximum Gasteiger partial charge on any atom is 0.244 e.